The van der Waals surface area contributed by atoms with Gasteiger partial charge in [0.2, 0.25) is 5.91 Å². The van der Waals surface area contributed by atoms with Gasteiger partial charge in [-0.25, -0.2) is 0 Å². The lowest BCUT2D eigenvalue weighted by Gasteiger charge is -2.27. The minimum atomic E-state index is -0.0996. The molecule has 0 radical (unpaired) electrons. The van der Waals surface area contributed by atoms with Crippen molar-refractivity contribution in [3.8, 4) is 5.75 Å². The summed E-state index contributed by atoms with van der Waals surface area (Å²) in [6.45, 7) is 0. The van der Waals surface area contributed by atoms with Crippen LogP contribution in [0.5, 0.6) is 5.75 Å². The maximum Gasteiger partial charge on any atom is 0.229 e. The van der Waals surface area contributed by atoms with Crippen molar-refractivity contribution < 1.29 is 9.53 Å². The van der Waals surface area contributed by atoms with Gasteiger partial charge in [0.25, 0.3) is 0 Å². The Hall–Kier alpha value is -1.07. The molecule has 1 saturated carbocycles. The van der Waals surface area contributed by atoms with E-state index in [0.29, 0.717) is 11.4 Å². The van der Waals surface area contributed by atoms with Crippen molar-refractivity contribution in [1.82, 2.24) is 0 Å². The normalized spacial score (nSPS) is 22.9. The predicted molar refractivity (Wildman–Crippen MR) is 79.3 cm³/mol. The fraction of sp³-hybridized carbons (Fsp3) is 0.500. The monoisotopic (exact) mass is 326 g/mol. The molecule has 2 rings (SSSR count). The van der Waals surface area contributed by atoms with Gasteiger partial charge in [0.1, 0.15) is 5.75 Å². The van der Waals surface area contributed by atoms with Gasteiger partial charge in [0.15, 0.2) is 0 Å². The molecule has 1 aliphatic rings. The number of carbonyl (C=O) groups excluding carboxylic acids is 1. The number of methoxy groups -OCH3 is 1. The first-order chi connectivity index (χ1) is 9.11. The molecule has 0 heterocycles. The third-order valence-electron chi connectivity index (χ3n) is 3.58. The fourth-order valence-electron chi connectivity index (χ4n) is 2.49. The van der Waals surface area contributed by atoms with Gasteiger partial charge in [-0.2, -0.15) is 0 Å². The van der Waals surface area contributed by atoms with Crippen LogP contribution < -0.4 is 15.8 Å². The maximum atomic E-state index is 12.3. The zero-order chi connectivity index (χ0) is 13.8. The van der Waals surface area contributed by atoms with Crippen LogP contribution >= 0.6 is 15.9 Å². The number of amides is 1. The van der Waals surface area contributed by atoms with Crippen molar-refractivity contribution in [2.75, 3.05) is 12.4 Å². The number of nitrogens with two attached hydrogens (primary N) is 1. The number of carbonyl (C=O) groups is 1. The highest BCUT2D eigenvalue weighted by atomic mass is 79.9. The molecule has 0 saturated heterocycles. The first-order valence-electron chi connectivity index (χ1n) is 6.52. The molecule has 0 aromatic heterocycles. The largest absolute Gasteiger partial charge is 0.495 e. The Bertz CT molecular complexity index is 465. The van der Waals surface area contributed by atoms with Crippen molar-refractivity contribution in [3.63, 3.8) is 0 Å². The van der Waals surface area contributed by atoms with E-state index in [4.69, 9.17) is 10.5 Å². The van der Waals surface area contributed by atoms with E-state index in [1.165, 1.54) is 0 Å². The molecule has 3 N–H and O–H groups in total. The summed E-state index contributed by atoms with van der Waals surface area (Å²) >= 11 is 3.39. The lowest BCUT2D eigenvalue weighted by molar-refractivity contribution is -0.121. The minimum absolute atomic E-state index is 0.0106. The molecule has 1 amide bonds. The topological polar surface area (TPSA) is 64.3 Å². The van der Waals surface area contributed by atoms with Gasteiger partial charge in [0.05, 0.1) is 18.7 Å². The van der Waals surface area contributed by atoms with Crippen LogP contribution in [0.3, 0.4) is 0 Å². The summed E-state index contributed by atoms with van der Waals surface area (Å²) in [5.74, 6) is 0.543. The van der Waals surface area contributed by atoms with Gasteiger partial charge >= 0.3 is 0 Å². The zero-order valence-corrected chi connectivity index (χ0v) is 12.6. The van der Waals surface area contributed by atoms with Crippen molar-refractivity contribution in [3.05, 3.63) is 22.7 Å². The Morgan fingerprint density at radius 1 is 1.42 bits per heavy atom. The standard InChI is InChI=1S/C14H19BrN2O2/c1-19-13-7-6-9(15)8-12(13)17-14(18)10-4-2-3-5-11(10)16/h6-8,10-11H,2-5,16H2,1H3,(H,17,18). The highest BCUT2D eigenvalue weighted by Gasteiger charge is 2.28. The molecular formula is C14H19BrN2O2. The molecule has 5 heteroatoms. The Balaban J connectivity index is 2.11. The number of anilines is 1. The van der Waals surface area contributed by atoms with Crippen LogP contribution in [0.25, 0.3) is 0 Å². The quantitative estimate of drug-likeness (QED) is 0.897. The van der Waals surface area contributed by atoms with E-state index >= 15 is 0 Å². The van der Waals surface area contributed by atoms with Gasteiger partial charge in [-0.1, -0.05) is 28.8 Å². The molecule has 0 spiro atoms. The van der Waals surface area contributed by atoms with Gasteiger partial charge in [-0.05, 0) is 31.0 Å². The number of benzene rings is 1. The third kappa shape index (κ3) is 3.48. The summed E-state index contributed by atoms with van der Waals surface area (Å²) in [6, 6.07) is 5.50. The summed E-state index contributed by atoms with van der Waals surface area (Å²) in [7, 11) is 1.59. The Labute approximate surface area is 121 Å². The highest BCUT2D eigenvalue weighted by molar-refractivity contribution is 9.10. The van der Waals surface area contributed by atoms with Gasteiger partial charge in [0, 0.05) is 10.5 Å². The summed E-state index contributed by atoms with van der Waals surface area (Å²) in [5, 5.41) is 2.93. The van der Waals surface area contributed by atoms with Crippen LogP contribution in [0.4, 0.5) is 5.69 Å². The van der Waals surface area contributed by atoms with E-state index in [9.17, 15) is 4.79 Å². The van der Waals surface area contributed by atoms with Gasteiger partial charge in [-0.3, -0.25) is 4.79 Å². The molecule has 0 bridgehead atoms. The molecule has 1 fully saturated rings. The van der Waals surface area contributed by atoms with E-state index < -0.39 is 0 Å². The average Bonchev–Trinajstić information content (AvgIpc) is 2.39. The SMILES string of the molecule is COc1ccc(Br)cc1NC(=O)C1CCCCC1N. The Kier molecular flexibility index (Phi) is 4.82. The van der Waals surface area contributed by atoms with E-state index in [-0.39, 0.29) is 17.9 Å². The lowest BCUT2D eigenvalue weighted by atomic mass is 9.84. The maximum absolute atomic E-state index is 12.3. The molecular weight excluding hydrogens is 308 g/mol. The average molecular weight is 327 g/mol. The molecule has 104 valence electrons. The van der Waals surface area contributed by atoms with E-state index in [1.807, 2.05) is 18.2 Å². The first-order valence-corrected chi connectivity index (χ1v) is 7.31. The Morgan fingerprint density at radius 2 is 2.16 bits per heavy atom. The van der Waals surface area contributed by atoms with Crippen molar-refractivity contribution >= 4 is 27.5 Å². The van der Waals surface area contributed by atoms with Gasteiger partial charge < -0.3 is 15.8 Å². The summed E-state index contributed by atoms with van der Waals surface area (Å²) in [4.78, 5) is 12.3. The number of ether oxygens (including phenoxy) is 1. The Morgan fingerprint density at radius 3 is 2.84 bits per heavy atom. The number of nitrogens with one attached hydrogen (secondary N) is 1. The van der Waals surface area contributed by atoms with Crippen molar-refractivity contribution in [1.29, 1.82) is 0 Å². The molecule has 1 aromatic carbocycles. The minimum Gasteiger partial charge on any atom is -0.495 e. The first kappa shape index (κ1) is 14.3. The predicted octanol–water partition coefficient (Wildman–Crippen LogP) is 2.91. The van der Waals surface area contributed by atoms with Gasteiger partial charge in [-0.15, -0.1) is 0 Å². The fourth-order valence-corrected chi connectivity index (χ4v) is 2.85. The van der Waals surface area contributed by atoms with Crippen LogP contribution in [0, 0.1) is 5.92 Å². The molecule has 1 aromatic rings. The van der Waals surface area contributed by atoms with Crippen LogP contribution in [0.2, 0.25) is 0 Å². The van der Waals surface area contributed by atoms with Crippen LogP contribution in [-0.2, 0) is 4.79 Å². The van der Waals surface area contributed by atoms with Crippen LogP contribution in [0.15, 0.2) is 22.7 Å². The summed E-state index contributed by atoms with van der Waals surface area (Å²) < 4.78 is 6.15. The summed E-state index contributed by atoms with van der Waals surface area (Å²) in [6.07, 6.45) is 3.98. The second-order valence-electron chi connectivity index (χ2n) is 4.89. The van der Waals surface area contributed by atoms with E-state index in [1.54, 1.807) is 7.11 Å². The smallest absolute Gasteiger partial charge is 0.229 e. The zero-order valence-electron chi connectivity index (χ0n) is 11.0. The highest BCUT2D eigenvalue weighted by Crippen LogP contribution is 2.30. The molecule has 2 atom stereocenters. The second kappa shape index (κ2) is 6.39. The molecule has 19 heavy (non-hydrogen) atoms. The lowest BCUT2D eigenvalue weighted by Crippen LogP contribution is -2.40. The van der Waals surface area contributed by atoms with E-state index in [0.717, 1.165) is 30.2 Å². The number of hydrogen-bond donors (Lipinski definition) is 2. The number of rotatable bonds is 3. The molecule has 1 aliphatic carbocycles. The molecule has 4 nitrogen and oxygen atoms in total. The molecule has 2 unspecified atom stereocenters. The third-order valence-corrected chi connectivity index (χ3v) is 4.07. The van der Waals surface area contributed by atoms with Crippen molar-refractivity contribution in [2.24, 2.45) is 11.7 Å². The van der Waals surface area contributed by atoms with Crippen LogP contribution in [0.1, 0.15) is 25.7 Å². The van der Waals surface area contributed by atoms with Crippen LogP contribution in [-0.4, -0.2) is 19.1 Å². The second-order valence-corrected chi connectivity index (χ2v) is 5.80. The summed E-state index contributed by atoms with van der Waals surface area (Å²) in [5.41, 5.74) is 6.71. The van der Waals surface area contributed by atoms with Crippen molar-refractivity contribution in [2.45, 2.75) is 31.7 Å². The number of halogens is 1. The molecule has 0 aliphatic heterocycles. The number of hydrogen-bond acceptors (Lipinski definition) is 3. The van der Waals surface area contributed by atoms with E-state index in [2.05, 4.69) is 21.2 Å².